The largest absolute Gasteiger partial charge is 0.508 e. The van der Waals surface area contributed by atoms with Gasteiger partial charge in [-0.05, 0) is 83.3 Å². The van der Waals surface area contributed by atoms with Crippen LogP contribution < -0.4 is 9.80 Å². The van der Waals surface area contributed by atoms with Crippen LogP contribution in [0.2, 0.25) is 5.02 Å². The van der Waals surface area contributed by atoms with E-state index in [9.17, 15) is 10.2 Å². The highest BCUT2D eigenvalue weighted by molar-refractivity contribution is 8.01. The van der Waals surface area contributed by atoms with Crippen molar-refractivity contribution in [2.24, 2.45) is 5.41 Å². The van der Waals surface area contributed by atoms with Gasteiger partial charge in [-0.2, -0.15) is 0 Å². The van der Waals surface area contributed by atoms with Crippen LogP contribution in [-0.2, 0) is 18.5 Å². The highest BCUT2D eigenvalue weighted by Gasteiger charge is 2.27. The van der Waals surface area contributed by atoms with Gasteiger partial charge in [-0.3, -0.25) is 0 Å². The smallest absolute Gasteiger partial charge is 0.120 e. The zero-order valence-electron chi connectivity index (χ0n) is 31.8. The Balaban J connectivity index is 1.42. The first-order valence-corrected chi connectivity index (χ1v) is 20.0. The van der Waals surface area contributed by atoms with Gasteiger partial charge in [0.05, 0.1) is 10.9 Å². The molecule has 0 atom stereocenters. The molecule has 0 bridgehead atoms. The molecule has 5 aromatic carbocycles. The monoisotopic (exact) mass is 752 g/mol. The normalized spacial score (nSPS) is 12.2. The number of phenols is 2. The Labute approximate surface area is 325 Å². The second kappa shape index (κ2) is 16.5. The van der Waals surface area contributed by atoms with Crippen LogP contribution in [0.1, 0.15) is 77.6 Å². The van der Waals surface area contributed by atoms with Gasteiger partial charge >= 0.3 is 0 Å². The Morgan fingerprint density at radius 2 is 1.10 bits per heavy atom. The number of hydrogen-bond acceptors (Lipinski definition) is 6. The van der Waals surface area contributed by atoms with Gasteiger partial charge in [0.2, 0.25) is 0 Å². The number of rotatable bonds is 13. The molecule has 52 heavy (non-hydrogen) atoms. The first-order chi connectivity index (χ1) is 24.5. The molecule has 274 valence electrons. The van der Waals surface area contributed by atoms with E-state index in [2.05, 4.69) is 126 Å². The minimum Gasteiger partial charge on any atom is -0.508 e. The standard InChI is InChI=1S/C45H53ClN2O2S2/c1-43(2,3)30-47(36-15-11-9-12-16-36)28-32-25-34(19-23-40(32)49)45(7,8)35-20-24-41(50)33(26-35)29-48(37-17-13-10-14-18-37)31-51-42-27-38(21-22-39(42)46)52-44(4,5)6/h9-27,49-50H,28-31H2,1-8H3. The summed E-state index contributed by atoms with van der Waals surface area (Å²) in [5.74, 6) is 1.20. The van der Waals surface area contributed by atoms with Gasteiger partial charge in [-0.15, -0.1) is 23.5 Å². The molecular weight excluding hydrogens is 700 g/mol. The van der Waals surface area contributed by atoms with Crippen LogP contribution in [0.15, 0.2) is 125 Å². The highest BCUT2D eigenvalue weighted by atomic mass is 35.5. The number of phenolic OH excluding ortho intramolecular Hbond substituents is 2. The average Bonchev–Trinajstić information content (AvgIpc) is 3.08. The maximum Gasteiger partial charge on any atom is 0.120 e. The van der Waals surface area contributed by atoms with Crippen LogP contribution in [0.3, 0.4) is 0 Å². The van der Waals surface area contributed by atoms with Crippen molar-refractivity contribution in [2.45, 2.75) is 88.4 Å². The summed E-state index contributed by atoms with van der Waals surface area (Å²) in [6.45, 7) is 19.7. The molecule has 5 rings (SSSR count). The first kappa shape index (κ1) is 39.5. The third kappa shape index (κ3) is 10.7. The summed E-state index contributed by atoms with van der Waals surface area (Å²) in [5, 5.41) is 23.1. The fraction of sp³-hybridized carbons (Fsp3) is 0.333. The SMILES string of the molecule is CC(C)(C)CN(Cc1cc(C(C)(C)c2ccc(O)c(CN(CSc3cc(SC(C)(C)C)ccc3Cl)c3ccccc3)c2)ccc1O)c1ccccc1. The second-order valence-electron chi connectivity index (χ2n) is 16.2. The molecule has 0 spiro atoms. The quantitative estimate of drug-likeness (QED) is 0.0922. The maximum atomic E-state index is 11.2. The van der Waals surface area contributed by atoms with Crippen molar-refractivity contribution in [1.29, 1.82) is 0 Å². The Kier molecular flexibility index (Phi) is 12.6. The summed E-state index contributed by atoms with van der Waals surface area (Å²) in [6.07, 6.45) is 0. The molecule has 0 saturated carbocycles. The molecule has 0 aromatic heterocycles. The van der Waals surface area contributed by atoms with Crippen molar-refractivity contribution >= 4 is 46.5 Å². The second-order valence-corrected chi connectivity index (χ2v) is 19.5. The van der Waals surface area contributed by atoms with Crippen LogP contribution in [0.4, 0.5) is 11.4 Å². The van der Waals surface area contributed by atoms with Crippen LogP contribution >= 0.6 is 35.1 Å². The predicted octanol–water partition coefficient (Wildman–Crippen LogP) is 12.8. The van der Waals surface area contributed by atoms with E-state index in [-0.39, 0.29) is 15.9 Å². The van der Waals surface area contributed by atoms with E-state index in [1.54, 1.807) is 11.8 Å². The first-order valence-electron chi connectivity index (χ1n) is 17.8. The fourth-order valence-electron chi connectivity index (χ4n) is 6.24. The Morgan fingerprint density at radius 1 is 0.596 bits per heavy atom. The van der Waals surface area contributed by atoms with E-state index in [1.165, 1.54) is 4.90 Å². The molecule has 0 amide bonds. The predicted molar refractivity (Wildman–Crippen MR) is 226 cm³/mol. The topological polar surface area (TPSA) is 46.9 Å². The molecule has 0 saturated heterocycles. The fourth-order valence-corrected chi connectivity index (χ4v) is 8.57. The molecule has 5 aromatic rings. The molecule has 0 aliphatic carbocycles. The molecule has 7 heteroatoms. The molecule has 0 fully saturated rings. The third-order valence-corrected chi connectivity index (χ3v) is 11.6. The Hall–Kier alpha value is -3.71. The van der Waals surface area contributed by atoms with Gasteiger partial charge in [-0.1, -0.05) is 116 Å². The lowest BCUT2D eigenvalue weighted by Gasteiger charge is -2.33. The Morgan fingerprint density at radius 3 is 1.60 bits per heavy atom. The lowest BCUT2D eigenvalue weighted by atomic mass is 9.77. The van der Waals surface area contributed by atoms with E-state index >= 15 is 0 Å². The van der Waals surface area contributed by atoms with Crippen molar-refractivity contribution in [1.82, 2.24) is 0 Å². The van der Waals surface area contributed by atoms with Gasteiger partial charge in [0, 0.05) is 62.1 Å². The van der Waals surface area contributed by atoms with Crippen LogP contribution in [0.5, 0.6) is 11.5 Å². The number of benzene rings is 5. The molecule has 0 unspecified atom stereocenters. The van der Waals surface area contributed by atoms with Crippen molar-refractivity contribution in [3.8, 4) is 11.5 Å². The summed E-state index contributed by atoms with van der Waals surface area (Å²) < 4.78 is 0.0959. The summed E-state index contributed by atoms with van der Waals surface area (Å²) >= 11 is 10.2. The maximum absolute atomic E-state index is 11.2. The van der Waals surface area contributed by atoms with Crippen molar-refractivity contribution in [2.75, 3.05) is 22.2 Å². The zero-order valence-corrected chi connectivity index (χ0v) is 34.2. The number of halogens is 1. The summed E-state index contributed by atoms with van der Waals surface area (Å²) in [4.78, 5) is 6.85. The lowest BCUT2D eigenvalue weighted by molar-refractivity contribution is 0.405. The van der Waals surface area contributed by atoms with E-state index in [0.29, 0.717) is 24.7 Å². The molecular formula is C45H53ClN2O2S2. The van der Waals surface area contributed by atoms with Gasteiger partial charge in [0.1, 0.15) is 11.5 Å². The molecule has 2 N–H and O–H groups in total. The molecule has 0 aliphatic rings. The molecule has 0 aliphatic heterocycles. The van der Waals surface area contributed by atoms with Gasteiger partial charge in [0.15, 0.2) is 0 Å². The lowest BCUT2D eigenvalue weighted by Crippen LogP contribution is -2.32. The van der Waals surface area contributed by atoms with Crippen molar-refractivity contribution < 1.29 is 10.2 Å². The molecule has 0 heterocycles. The number of aromatic hydroxyl groups is 2. The summed E-state index contributed by atoms with van der Waals surface area (Å²) in [5.41, 5.74) is 5.77. The number of thioether (sulfide) groups is 2. The van der Waals surface area contributed by atoms with Crippen molar-refractivity contribution in [3.63, 3.8) is 0 Å². The van der Waals surface area contributed by atoms with E-state index < -0.39 is 5.41 Å². The molecule has 0 radical (unpaired) electrons. The van der Waals surface area contributed by atoms with Gasteiger partial charge in [0.25, 0.3) is 0 Å². The summed E-state index contributed by atoms with van der Waals surface area (Å²) in [6, 6.07) is 38.9. The van der Waals surface area contributed by atoms with Crippen LogP contribution in [0.25, 0.3) is 0 Å². The number of para-hydroxylation sites is 2. The zero-order chi connectivity index (χ0) is 37.7. The highest BCUT2D eigenvalue weighted by Crippen LogP contribution is 2.40. The summed E-state index contributed by atoms with van der Waals surface area (Å²) in [7, 11) is 0. The third-order valence-electron chi connectivity index (χ3n) is 8.94. The van der Waals surface area contributed by atoms with Crippen molar-refractivity contribution in [3.05, 3.63) is 143 Å². The minimum atomic E-state index is -0.405. The van der Waals surface area contributed by atoms with E-state index in [4.69, 9.17) is 11.6 Å². The molecule has 4 nitrogen and oxygen atoms in total. The number of nitrogens with zero attached hydrogens (tertiary/aromatic N) is 2. The van der Waals surface area contributed by atoms with Gasteiger partial charge in [-0.25, -0.2) is 0 Å². The Bertz CT molecular complexity index is 1940. The number of hydrogen-bond donors (Lipinski definition) is 2. The van der Waals surface area contributed by atoms with Crippen LogP contribution in [0, 0.1) is 5.41 Å². The van der Waals surface area contributed by atoms with Crippen LogP contribution in [-0.4, -0.2) is 27.4 Å². The van der Waals surface area contributed by atoms with E-state index in [1.807, 2.05) is 66.4 Å². The average molecular weight is 754 g/mol. The minimum absolute atomic E-state index is 0.0680. The number of anilines is 2. The van der Waals surface area contributed by atoms with Gasteiger partial charge < -0.3 is 20.0 Å². The van der Waals surface area contributed by atoms with E-state index in [0.717, 1.165) is 50.1 Å².